The molecule has 184 valence electrons. The van der Waals surface area contributed by atoms with Crippen molar-refractivity contribution in [1.29, 1.82) is 0 Å². The second-order valence-electron chi connectivity index (χ2n) is 8.33. The van der Waals surface area contributed by atoms with Gasteiger partial charge in [-0.15, -0.1) is 6.58 Å². The van der Waals surface area contributed by atoms with E-state index in [1.807, 2.05) is 0 Å². The molecule has 0 heterocycles. The number of ether oxygens (including phenoxy) is 5. The average Bonchev–Trinajstić information content (AvgIpc) is 2.77. The molecule has 0 aliphatic heterocycles. The molecule has 0 bridgehead atoms. The highest BCUT2D eigenvalue weighted by Crippen LogP contribution is 2.33. The molecule has 6 atom stereocenters. The Morgan fingerprint density at radius 1 is 0.581 bits per heavy atom. The van der Waals surface area contributed by atoms with Gasteiger partial charge in [0, 0.05) is 26.4 Å². The Morgan fingerprint density at radius 3 is 1.26 bits per heavy atom. The van der Waals surface area contributed by atoms with Crippen molar-refractivity contribution < 1.29 is 28.8 Å². The van der Waals surface area contributed by atoms with E-state index in [0.29, 0.717) is 33.0 Å². The van der Waals surface area contributed by atoms with Crippen LogP contribution in [0.1, 0.15) is 79.1 Å². The molecule has 6 nitrogen and oxygen atoms in total. The zero-order valence-corrected chi connectivity index (χ0v) is 20.4. The Hall–Kier alpha value is -0.500. The van der Waals surface area contributed by atoms with Gasteiger partial charge in [0.1, 0.15) is 36.6 Å². The molecule has 31 heavy (non-hydrogen) atoms. The summed E-state index contributed by atoms with van der Waals surface area (Å²) in [4.78, 5) is 0. The van der Waals surface area contributed by atoms with Crippen LogP contribution in [-0.4, -0.2) is 74.8 Å². The minimum atomic E-state index is -0.860. The molecular formula is C25H48O6. The zero-order chi connectivity index (χ0) is 22.9. The molecule has 0 aromatic rings. The van der Waals surface area contributed by atoms with Crippen LogP contribution in [0.2, 0.25) is 0 Å². The SMILES string of the molecule is C=CCO[C@H]1[C@@H](O)[C@@H](OCCCC)[C@H](OCCCC)[C@@H](OCCCC)[C@@H]1OCCCC. The molecule has 1 rings (SSSR count). The van der Waals surface area contributed by atoms with E-state index in [9.17, 15) is 5.11 Å². The smallest absolute Gasteiger partial charge is 0.115 e. The highest BCUT2D eigenvalue weighted by Gasteiger charge is 2.53. The average molecular weight is 445 g/mol. The summed E-state index contributed by atoms with van der Waals surface area (Å²) in [5.41, 5.74) is 0. The first kappa shape index (κ1) is 28.5. The van der Waals surface area contributed by atoms with Gasteiger partial charge in [0.05, 0.1) is 6.61 Å². The zero-order valence-electron chi connectivity index (χ0n) is 20.4. The maximum atomic E-state index is 11.3. The van der Waals surface area contributed by atoms with E-state index in [1.54, 1.807) is 6.08 Å². The van der Waals surface area contributed by atoms with Gasteiger partial charge in [0.15, 0.2) is 0 Å². The van der Waals surface area contributed by atoms with Crippen LogP contribution in [-0.2, 0) is 23.7 Å². The third kappa shape index (κ3) is 9.89. The van der Waals surface area contributed by atoms with Gasteiger partial charge in [-0.05, 0) is 25.7 Å². The molecule has 6 heteroatoms. The molecule has 1 saturated carbocycles. The molecule has 1 aliphatic carbocycles. The summed E-state index contributed by atoms with van der Waals surface area (Å²) in [6.45, 7) is 15.0. The fourth-order valence-electron chi connectivity index (χ4n) is 3.73. The van der Waals surface area contributed by atoms with Gasteiger partial charge in [-0.1, -0.05) is 59.5 Å². The molecule has 0 spiro atoms. The summed E-state index contributed by atoms with van der Waals surface area (Å²) in [6, 6.07) is 0. The Balaban J connectivity index is 3.16. The van der Waals surface area contributed by atoms with Crippen LogP contribution in [0.15, 0.2) is 12.7 Å². The largest absolute Gasteiger partial charge is 0.387 e. The quantitative estimate of drug-likeness (QED) is 0.231. The lowest BCUT2D eigenvalue weighted by Crippen LogP contribution is -2.67. The first-order valence-electron chi connectivity index (χ1n) is 12.5. The highest BCUT2D eigenvalue weighted by atomic mass is 16.6. The molecule has 0 saturated heterocycles. The van der Waals surface area contributed by atoms with E-state index in [-0.39, 0.29) is 6.10 Å². The third-order valence-electron chi connectivity index (χ3n) is 5.61. The van der Waals surface area contributed by atoms with Gasteiger partial charge in [-0.3, -0.25) is 0 Å². The molecule has 0 aromatic carbocycles. The van der Waals surface area contributed by atoms with Gasteiger partial charge in [0.2, 0.25) is 0 Å². The highest BCUT2D eigenvalue weighted by molar-refractivity contribution is 5.03. The monoisotopic (exact) mass is 444 g/mol. The Morgan fingerprint density at radius 2 is 0.903 bits per heavy atom. The number of hydrogen-bond donors (Lipinski definition) is 1. The predicted octanol–water partition coefficient (Wildman–Crippen LogP) is 4.67. The maximum absolute atomic E-state index is 11.3. The van der Waals surface area contributed by atoms with Crippen LogP contribution >= 0.6 is 0 Å². The number of hydrogen-bond acceptors (Lipinski definition) is 6. The lowest BCUT2D eigenvalue weighted by molar-refractivity contribution is -0.272. The van der Waals surface area contributed by atoms with E-state index in [1.165, 1.54) is 0 Å². The van der Waals surface area contributed by atoms with Gasteiger partial charge in [0.25, 0.3) is 0 Å². The first-order valence-corrected chi connectivity index (χ1v) is 12.5. The van der Waals surface area contributed by atoms with Gasteiger partial charge in [-0.25, -0.2) is 0 Å². The topological polar surface area (TPSA) is 66.4 Å². The predicted molar refractivity (Wildman–Crippen MR) is 125 cm³/mol. The minimum absolute atomic E-state index is 0.333. The van der Waals surface area contributed by atoms with E-state index in [0.717, 1.165) is 51.4 Å². The van der Waals surface area contributed by atoms with Crippen LogP contribution in [0.25, 0.3) is 0 Å². The normalized spacial score (nSPS) is 28.7. The van der Waals surface area contributed by atoms with Gasteiger partial charge in [-0.2, -0.15) is 0 Å². The lowest BCUT2D eigenvalue weighted by Gasteiger charge is -2.48. The summed E-state index contributed by atoms with van der Waals surface area (Å²) >= 11 is 0. The van der Waals surface area contributed by atoms with Crippen molar-refractivity contribution in [3.8, 4) is 0 Å². The first-order chi connectivity index (χ1) is 15.2. The van der Waals surface area contributed by atoms with E-state index in [2.05, 4.69) is 34.3 Å². The second-order valence-corrected chi connectivity index (χ2v) is 8.33. The van der Waals surface area contributed by atoms with Crippen LogP contribution in [0, 0.1) is 0 Å². The fraction of sp³-hybridized carbons (Fsp3) is 0.920. The van der Waals surface area contributed by atoms with Crippen molar-refractivity contribution in [2.24, 2.45) is 0 Å². The molecule has 1 fully saturated rings. The second kappa shape index (κ2) is 18.0. The van der Waals surface area contributed by atoms with Crippen LogP contribution < -0.4 is 0 Å². The number of aliphatic hydroxyl groups is 1. The molecular weight excluding hydrogens is 396 g/mol. The summed E-state index contributed by atoms with van der Waals surface area (Å²) in [5, 5.41) is 11.3. The van der Waals surface area contributed by atoms with Crippen molar-refractivity contribution in [1.82, 2.24) is 0 Å². The van der Waals surface area contributed by atoms with Gasteiger partial charge >= 0.3 is 0 Å². The fourth-order valence-corrected chi connectivity index (χ4v) is 3.73. The van der Waals surface area contributed by atoms with E-state index >= 15 is 0 Å². The van der Waals surface area contributed by atoms with Crippen LogP contribution in [0.5, 0.6) is 0 Å². The standard InChI is InChI=1S/C25H48O6/c1-6-11-16-28-22-20(26)21(27-15-10-5)23(29-17-12-7-2)25(31-19-14-9-4)24(22)30-18-13-8-3/h10,20-26H,5-9,11-19H2,1-4H3/t20-,21+,22-,23-,24+,25+/m1/s1. The van der Waals surface area contributed by atoms with Gasteiger partial charge < -0.3 is 28.8 Å². The maximum Gasteiger partial charge on any atom is 0.115 e. The van der Waals surface area contributed by atoms with Crippen LogP contribution in [0.3, 0.4) is 0 Å². The van der Waals surface area contributed by atoms with Crippen molar-refractivity contribution >= 4 is 0 Å². The summed E-state index contributed by atoms with van der Waals surface area (Å²) < 4.78 is 31.1. The molecule has 0 unspecified atom stereocenters. The number of aliphatic hydroxyl groups excluding tert-OH is 1. The Bertz CT molecular complexity index is 432. The Kier molecular flexibility index (Phi) is 16.6. The van der Waals surface area contributed by atoms with Crippen molar-refractivity contribution in [2.45, 2.75) is 116 Å². The van der Waals surface area contributed by atoms with Crippen LogP contribution in [0.4, 0.5) is 0 Å². The van der Waals surface area contributed by atoms with E-state index < -0.39 is 30.5 Å². The summed E-state index contributed by atoms with van der Waals surface area (Å²) in [5.74, 6) is 0. The minimum Gasteiger partial charge on any atom is -0.387 e. The number of rotatable bonds is 19. The lowest BCUT2D eigenvalue weighted by atomic mass is 9.83. The van der Waals surface area contributed by atoms with Crippen molar-refractivity contribution in [3.05, 3.63) is 12.7 Å². The molecule has 0 aromatic heterocycles. The molecule has 0 radical (unpaired) electrons. The molecule has 1 aliphatic rings. The van der Waals surface area contributed by atoms with E-state index in [4.69, 9.17) is 23.7 Å². The molecule has 0 amide bonds. The third-order valence-corrected chi connectivity index (χ3v) is 5.61. The number of unbranched alkanes of at least 4 members (excludes halogenated alkanes) is 4. The van der Waals surface area contributed by atoms with Crippen molar-refractivity contribution in [2.75, 3.05) is 33.0 Å². The Labute approximate surface area is 190 Å². The summed E-state index contributed by atoms with van der Waals surface area (Å²) in [6.07, 6.45) is 6.52. The van der Waals surface area contributed by atoms with Crippen molar-refractivity contribution in [3.63, 3.8) is 0 Å². The summed E-state index contributed by atoms with van der Waals surface area (Å²) in [7, 11) is 0. The molecule has 1 N–H and O–H groups in total.